The van der Waals surface area contributed by atoms with Gasteiger partial charge in [0.05, 0.1) is 4.90 Å². The van der Waals surface area contributed by atoms with Gasteiger partial charge in [-0.25, -0.2) is 23.5 Å². The van der Waals surface area contributed by atoms with E-state index in [9.17, 15) is 8.42 Å². The molecule has 0 aliphatic carbocycles. The van der Waals surface area contributed by atoms with Gasteiger partial charge in [-0.05, 0) is 19.1 Å². The molecule has 18 heavy (non-hydrogen) atoms. The van der Waals surface area contributed by atoms with E-state index in [0.717, 1.165) is 10.8 Å². The van der Waals surface area contributed by atoms with Gasteiger partial charge in [-0.1, -0.05) is 6.07 Å². The van der Waals surface area contributed by atoms with Crippen molar-refractivity contribution >= 4 is 32.0 Å². The Morgan fingerprint density at radius 3 is 2.78 bits per heavy atom. The third-order valence-electron chi connectivity index (χ3n) is 2.77. The quantitative estimate of drug-likeness (QED) is 0.684. The van der Waals surface area contributed by atoms with E-state index in [1.165, 1.54) is 12.1 Å². The molecule has 0 saturated heterocycles. The summed E-state index contributed by atoms with van der Waals surface area (Å²) < 4.78 is 22.6. The van der Waals surface area contributed by atoms with Crippen LogP contribution in [0.4, 0.5) is 0 Å². The maximum Gasteiger partial charge on any atom is 0.238 e. The second kappa shape index (κ2) is 3.50. The summed E-state index contributed by atoms with van der Waals surface area (Å²) in [5.74, 6) is 0.653. The first-order valence-electron chi connectivity index (χ1n) is 5.23. The van der Waals surface area contributed by atoms with E-state index in [0.29, 0.717) is 17.0 Å². The average molecular weight is 262 g/mol. The molecule has 0 aliphatic rings. The Morgan fingerprint density at radius 2 is 2.06 bits per heavy atom. The van der Waals surface area contributed by atoms with Crippen LogP contribution in [0.2, 0.25) is 0 Å². The predicted molar refractivity (Wildman–Crippen MR) is 67.5 cm³/mol. The molecule has 2 heterocycles. The number of aromatic amines is 1. The van der Waals surface area contributed by atoms with E-state index in [-0.39, 0.29) is 4.90 Å². The van der Waals surface area contributed by atoms with Crippen LogP contribution in [-0.4, -0.2) is 23.4 Å². The Balaban J connectivity index is 2.40. The second-order valence-corrected chi connectivity index (χ2v) is 5.62. The first-order chi connectivity index (χ1) is 8.45. The van der Waals surface area contributed by atoms with Crippen molar-refractivity contribution in [1.29, 1.82) is 0 Å². The Labute approximate surface area is 103 Å². The van der Waals surface area contributed by atoms with Crippen LogP contribution in [0.3, 0.4) is 0 Å². The summed E-state index contributed by atoms with van der Waals surface area (Å²) in [4.78, 5) is 11.5. The molecule has 92 valence electrons. The summed E-state index contributed by atoms with van der Waals surface area (Å²) in [6, 6.07) is 4.68. The number of hydrogen-bond donors (Lipinski definition) is 2. The molecule has 7 heteroatoms. The largest absolute Gasteiger partial charge is 0.339 e. The molecule has 3 rings (SSSR count). The minimum atomic E-state index is -3.70. The molecule has 0 radical (unpaired) electrons. The highest BCUT2D eigenvalue weighted by Gasteiger charge is 2.11. The SMILES string of the molecule is Cc1ncc2c(n1)[nH]c1cc(S(N)(=O)=O)ccc12. The Bertz CT molecular complexity index is 867. The molecule has 0 spiro atoms. The van der Waals surface area contributed by atoms with Crippen molar-refractivity contribution in [3.05, 3.63) is 30.2 Å². The minimum Gasteiger partial charge on any atom is -0.339 e. The second-order valence-electron chi connectivity index (χ2n) is 4.06. The predicted octanol–water partition coefficient (Wildman–Crippen LogP) is 1.07. The zero-order valence-electron chi connectivity index (χ0n) is 9.51. The summed E-state index contributed by atoms with van der Waals surface area (Å²) in [7, 11) is -3.70. The normalized spacial score (nSPS) is 12.3. The number of sulfonamides is 1. The molecule has 6 nitrogen and oxygen atoms in total. The van der Waals surface area contributed by atoms with E-state index >= 15 is 0 Å². The van der Waals surface area contributed by atoms with Crippen molar-refractivity contribution in [2.24, 2.45) is 5.14 Å². The standard InChI is InChI=1S/C11H10N4O2S/c1-6-13-5-9-8-3-2-7(18(12,16)17)4-10(8)15-11(9)14-6/h2-5H,1H3,(H2,12,16,17)(H,13,14,15). The van der Waals surface area contributed by atoms with Crippen LogP contribution in [0.25, 0.3) is 21.9 Å². The number of fused-ring (bicyclic) bond motifs is 3. The van der Waals surface area contributed by atoms with Gasteiger partial charge in [0.1, 0.15) is 11.5 Å². The number of benzene rings is 1. The van der Waals surface area contributed by atoms with Crippen LogP contribution in [-0.2, 0) is 10.0 Å². The van der Waals surface area contributed by atoms with Crippen LogP contribution in [0.1, 0.15) is 5.82 Å². The minimum absolute atomic E-state index is 0.0752. The fraction of sp³-hybridized carbons (Fsp3) is 0.0909. The molecule has 0 atom stereocenters. The number of hydrogen-bond acceptors (Lipinski definition) is 4. The van der Waals surface area contributed by atoms with Crippen molar-refractivity contribution in [3.63, 3.8) is 0 Å². The van der Waals surface area contributed by atoms with Gasteiger partial charge in [0.2, 0.25) is 10.0 Å². The third-order valence-corrected chi connectivity index (χ3v) is 3.68. The number of aromatic nitrogens is 3. The van der Waals surface area contributed by atoms with Crippen molar-refractivity contribution < 1.29 is 8.42 Å². The average Bonchev–Trinajstić information content (AvgIpc) is 2.63. The van der Waals surface area contributed by atoms with Crippen molar-refractivity contribution in [3.8, 4) is 0 Å². The molecule has 1 aromatic carbocycles. The summed E-state index contributed by atoms with van der Waals surface area (Å²) in [5.41, 5.74) is 1.36. The maximum absolute atomic E-state index is 11.3. The number of H-pyrrole nitrogens is 1. The Morgan fingerprint density at radius 1 is 1.28 bits per heavy atom. The van der Waals surface area contributed by atoms with Crippen molar-refractivity contribution in [1.82, 2.24) is 15.0 Å². The number of rotatable bonds is 1. The lowest BCUT2D eigenvalue weighted by atomic mass is 10.2. The van der Waals surface area contributed by atoms with Crippen LogP contribution in [0, 0.1) is 6.92 Å². The number of primary sulfonamides is 1. The zero-order valence-corrected chi connectivity index (χ0v) is 10.3. The van der Waals surface area contributed by atoms with E-state index in [1.54, 1.807) is 19.2 Å². The highest BCUT2D eigenvalue weighted by molar-refractivity contribution is 7.89. The van der Waals surface area contributed by atoms with Gasteiger partial charge in [0.15, 0.2) is 0 Å². The molecule has 0 aliphatic heterocycles. The van der Waals surface area contributed by atoms with Crippen LogP contribution in [0.15, 0.2) is 29.3 Å². The molecule has 2 aromatic heterocycles. The van der Waals surface area contributed by atoms with Gasteiger partial charge >= 0.3 is 0 Å². The smallest absolute Gasteiger partial charge is 0.238 e. The molecular weight excluding hydrogens is 252 g/mol. The molecular formula is C11H10N4O2S. The monoisotopic (exact) mass is 262 g/mol. The van der Waals surface area contributed by atoms with Crippen LogP contribution < -0.4 is 5.14 Å². The first kappa shape index (κ1) is 11.1. The fourth-order valence-corrected chi connectivity index (χ4v) is 2.47. The van der Waals surface area contributed by atoms with Gasteiger partial charge in [0.25, 0.3) is 0 Å². The molecule has 3 N–H and O–H groups in total. The number of aryl methyl sites for hydroxylation is 1. The van der Waals surface area contributed by atoms with E-state index < -0.39 is 10.0 Å². The van der Waals surface area contributed by atoms with E-state index in [1.807, 2.05) is 0 Å². The lowest BCUT2D eigenvalue weighted by Crippen LogP contribution is -2.11. The highest BCUT2D eigenvalue weighted by Crippen LogP contribution is 2.25. The fourth-order valence-electron chi connectivity index (χ4n) is 1.93. The van der Waals surface area contributed by atoms with Crippen molar-refractivity contribution in [2.45, 2.75) is 11.8 Å². The molecule has 0 fully saturated rings. The highest BCUT2D eigenvalue weighted by atomic mass is 32.2. The molecule has 0 saturated carbocycles. The zero-order chi connectivity index (χ0) is 12.9. The summed E-state index contributed by atoms with van der Waals surface area (Å²) in [5, 5.41) is 6.83. The van der Waals surface area contributed by atoms with Gasteiger partial charge in [-0.3, -0.25) is 0 Å². The lowest BCUT2D eigenvalue weighted by Gasteiger charge is -1.97. The Hall–Kier alpha value is -1.99. The van der Waals surface area contributed by atoms with Crippen LogP contribution in [0.5, 0.6) is 0 Å². The topological polar surface area (TPSA) is 102 Å². The van der Waals surface area contributed by atoms with Crippen molar-refractivity contribution in [2.75, 3.05) is 0 Å². The third kappa shape index (κ3) is 1.64. The summed E-state index contributed by atoms with van der Waals surface area (Å²) in [6.07, 6.45) is 1.72. The van der Waals surface area contributed by atoms with Crippen LogP contribution >= 0.6 is 0 Å². The van der Waals surface area contributed by atoms with Gasteiger partial charge in [0, 0.05) is 22.5 Å². The number of nitrogens with two attached hydrogens (primary N) is 1. The van der Waals surface area contributed by atoms with Gasteiger partial charge in [-0.2, -0.15) is 0 Å². The molecule has 0 amide bonds. The maximum atomic E-state index is 11.3. The molecule has 3 aromatic rings. The van der Waals surface area contributed by atoms with Gasteiger partial charge in [-0.15, -0.1) is 0 Å². The number of nitrogens with zero attached hydrogens (tertiary/aromatic N) is 2. The lowest BCUT2D eigenvalue weighted by molar-refractivity contribution is 0.598. The van der Waals surface area contributed by atoms with Gasteiger partial charge < -0.3 is 4.98 Å². The summed E-state index contributed by atoms with van der Waals surface area (Å²) >= 11 is 0. The van der Waals surface area contributed by atoms with E-state index in [4.69, 9.17) is 5.14 Å². The Kier molecular flexibility index (Phi) is 2.16. The molecule has 0 bridgehead atoms. The summed E-state index contributed by atoms with van der Waals surface area (Å²) in [6.45, 7) is 1.79. The molecule has 0 unspecified atom stereocenters. The number of nitrogens with one attached hydrogen (secondary N) is 1. The van der Waals surface area contributed by atoms with E-state index in [2.05, 4.69) is 15.0 Å². The first-order valence-corrected chi connectivity index (χ1v) is 6.78.